The number of rotatable bonds is 9. The van der Waals surface area contributed by atoms with E-state index in [-0.39, 0.29) is 5.91 Å². The molecule has 0 saturated carbocycles. The molecule has 0 saturated heterocycles. The molecule has 0 aromatic rings. The fourth-order valence-electron chi connectivity index (χ4n) is 2.55. The van der Waals surface area contributed by atoms with Crippen LogP contribution in [0.2, 0.25) is 0 Å². The van der Waals surface area contributed by atoms with Crippen molar-refractivity contribution in [3.8, 4) is 0 Å². The first-order chi connectivity index (χ1) is 12.7. The third-order valence-corrected chi connectivity index (χ3v) is 4.55. The molecule has 0 rings (SSSR count). The molecular weight excluding hydrogens is 360 g/mol. The predicted molar refractivity (Wildman–Crippen MR) is 110 cm³/mol. The van der Waals surface area contributed by atoms with Gasteiger partial charge in [-0.25, -0.2) is 9.59 Å². The van der Waals surface area contributed by atoms with Gasteiger partial charge in [0.25, 0.3) is 0 Å². The van der Waals surface area contributed by atoms with Crippen molar-refractivity contribution in [2.45, 2.75) is 79.0 Å². The van der Waals surface area contributed by atoms with Gasteiger partial charge in [0, 0.05) is 19.5 Å². The van der Waals surface area contributed by atoms with E-state index in [0.29, 0.717) is 6.61 Å². The Morgan fingerprint density at radius 1 is 1.07 bits per heavy atom. The minimum absolute atomic E-state index is 0.300. The first-order valence-electron chi connectivity index (χ1n) is 9.72. The van der Waals surface area contributed by atoms with Crippen molar-refractivity contribution in [3.05, 3.63) is 12.7 Å². The second-order valence-corrected chi connectivity index (χ2v) is 8.67. The second kappa shape index (κ2) is 10.5. The lowest BCUT2D eigenvalue weighted by molar-refractivity contribution is -0.159. The summed E-state index contributed by atoms with van der Waals surface area (Å²) in [4.78, 5) is 40.6. The number of nitrogens with zero attached hydrogens (tertiary/aromatic N) is 2. The Bertz CT molecular complexity index is 566. The molecule has 7 nitrogen and oxygen atoms in total. The molecule has 2 amide bonds. The quantitative estimate of drug-likeness (QED) is 0.337. The van der Waals surface area contributed by atoms with Crippen LogP contribution in [0.1, 0.15) is 61.3 Å². The molecule has 0 aromatic heterocycles. The molecule has 0 aromatic carbocycles. The molecule has 0 aliphatic carbocycles. The van der Waals surface area contributed by atoms with Gasteiger partial charge in [-0.15, -0.1) is 6.58 Å². The minimum Gasteiger partial charge on any atom is -0.464 e. The van der Waals surface area contributed by atoms with Crippen molar-refractivity contribution >= 4 is 18.0 Å². The molecule has 0 aliphatic rings. The van der Waals surface area contributed by atoms with Crippen LogP contribution in [-0.4, -0.2) is 66.2 Å². The van der Waals surface area contributed by atoms with Gasteiger partial charge in [0.1, 0.15) is 17.7 Å². The number of ether oxygens (including phenoxy) is 2. The number of carbonyl (C=O) groups is 3. The Labute approximate surface area is 170 Å². The maximum atomic E-state index is 13.0. The molecule has 7 heteroatoms. The van der Waals surface area contributed by atoms with Crippen molar-refractivity contribution < 1.29 is 23.9 Å². The summed E-state index contributed by atoms with van der Waals surface area (Å²) >= 11 is 0. The number of likely N-dealkylation sites (N-methyl/N-ethyl adjacent to an activating group) is 2. The van der Waals surface area contributed by atoms with Crippen molar-refractivity contribution in [2.75, 3.05) is 20.7 Å². The number of hydrogen-bond donors (Lipinski definition) is 0. The van der Waals surface area contributed by atoms with Crippen LogP contribution in [0.4, 0.5) is 4.79 Å². The van der Waals surface area contributed by atoms with Crippen LogP contribution in [0.3, 0.4) is 0 Å². The third kappa shape index (κ3) is 7.52. The number of unbranched alkanes of at least 4 members (excludes halogenated alkanes) is 1. The second-order valence-electron chi connectivity index (χ2n) is 8.67. The molecular formula is C21H38N2O5. The molecule has 0 aliphatic heterocycles. The normalized spacial score (nSPS) is 13.9. The van der Waals surface area contributed by atoms with Crippen LogP contribution in [0, 0.1) is 5.41 Å². The predicted octanol–water partition coefficient (Wildman–Crippen LogP) is 3.62. The lowest BCUT2D eigenvalue weighted by Gasteiger charge is -2.39. The molecule has 28 heavy (non-hydrogen) atoms. The van der Waals surface area contributed by atoms with E-state index < -0.39 is 35.2 Å². The highest BCUT2D eigenvalue weighted by atomic mass is 16.6. The van der Waals surface area contributed by atoms with E-state index in [2.05, 4.69) is 6.58 Å². The Kier molecular flexibility index (Phi) is 9.71. The van der Waals surface area contributed by atoms with E-state index in [9.17, 15) is 14.4 Å². The topological polar surface area (TPSA) is 76.2 Å². The van der Waals surface area contributed by atoms with E-state index in [4.69, 9.17) is 9.47 Å². The lowest BCUT2D eigenvalue weighted by atomic mass is 9.83. The summed E-state index contributed by atoms with van der Waals surface area (Å²) in [7, 11) is 3.04. The Morgan fingerprint density at radius 3 is 2.04 bits per heavy atom. The number of hydrogen-bond acceptors (Lipinski definition) is 5. The summed E-state index contributed by atoms with van der Waals surface area (Å²) in [6.45, 7) is 16.6. The molecule has 2 atom stereocenters. The van der Waals surface area contributed by atoms with Gasteiger partial charge in [0.05, 0.1) is 6.61 Å². The Balaban J connectivity index is 5.47. The van der Waals surface area contributed by atoms with Gasteiger partial charge in [-0.1, -0.05) is 33.3 Å². The molecule has 162 valence electrons. The van der Waals surface area contributed by atoms with Crippen LogP contribution in [-0.2, 0) is 19.1 Å². The fraction of sp³-hybridized carbons (Fsp3) is 0.762. The summed E-state index contributed by atoms with van der Waals surface area (Å²) in [5.41, 5.74) is -1.38. The summed E-state index contributed by atoms with van der Waals surface area (Å²) in [5, 5.41) is 0. The zero-order valence-electron chi connectivity index (χ0n) is 19.0. The van der Waals surface area contributed by atoms with Crippen molar-refractivity contribution in [3.63, 3.8) is 0 Å². The van der Waals surface area contributed by atoms with Crippen LogP contribution in [0.25, 0.3) is 0 Å². The monoisotopic (exact) mass is 398 g/mol. The summed E-state index contributed by atoms with van der Waals surface area (Å²) < 4.78 is 10.7. The third-order valence-electron chi connectivity index (χ3n) is 4.55. The Hall–Kier alpha value is -2.05. The zero-order chi connectivity index (χ0) is 22.3. The Morgan fingerprint density at radius 2 is 1.61 bits per heavy atom. The van der Waals surface area contributed by atoms with Crippen LogP contribution >= 0.6 is 0 Å². The SMILES string of the molecule is C=CC(C)(C)C(C(=O)OCCCC)N(C)C(=O)[C@@H](C)N(C)C(=O)OC(C)(C)C. The van der Waals surface area contributed by atoms with Crippen molar-refractivity contribution in [2.24, 2.45) is 5.41 Å². The highest BCUT2D eigenvalue weighted by molar-refractivity contribution is 5.89. The van der Waals surface area contributed by atoms with Gasteiger partial charge in [-0.3, -0.25) is 9.69 Å². The van der Waals surface area contributed by atoms with Gasteiger partial charge in [0.15, 0.2) is 0 Å². The van der Waals surface area contributed by atoms with Crippen LogP contribution in [0.5, 0.6) is 0 Å². The minimum atomic E-state index is -0.858. The van der Waals surface area contributed by atoms with Gasteiger partial charge in [-0.2, -0.15) is 0 Å². The maximum absolute atomic E-state index is 13.0. The molecule has 0 radical (unpaired) electrons. The maximum Gasteiger partial charge on any atom is 0.410 e. The molecule has 0 bridgehead atoms. The molecule has 0 heterocycles. The van der Waals surface area contributed by atoms with E-state index in [1.807, 2.05) is 20.8 Å². The first kappa shape index (κ1) is 26.0. The van der Waals surface area contributed by atoms with E-state index in [0.717, 1.165) is 12.8 Å². The molecule has 0 spiro atoms. The van der Waals surface area contributed by atoms with Crippen molar-refractivity contribution in [1.82, 2.24) is 9.80 Å². The average molecular weight is 399 g/mol. The number of esters is 1. The average Bonchev–Trinajstić information content (AvgIpc) is 2.58. The zero-order valence-corrected chi connectivity index (χ0v) is 19.0. The van der Waals surface area contributed by atoms with Crippen LogP contribution < -0.4 is 0 Å². The van der Waals surface area contributed by atoms with Crippen LogP contribution in [0.15, 0.2) is 12.7 Å². The highest BCUT2D eigenvalue weighted by Crippen LogP contribution is 2.28. The fourth-order valence-corrected chi connectivity index (χ4v) is 2.55. The molecule has 0 fully saturated rings. The van der Waals surface area contributed by atoms with Gasteiger partial charge >= 0.3 is 12.1 Å². The van der Waals surface area contributed by atoms with Gasteiger partial charge in [-0.05, 0) is 34.1 Å². The van der Waals surface area contributed by atoms with Crippen molar-refractivity contribution in [1.29, 1.82) is 0 Å². The molecule has 1 unspecified atom stereocenters. The lowest BCUT2D eigenvalue weighted by Crippen LogP contribution is -2.56. The molecule has 0 N–H and O–H groups in total. The number of amides is 2. The van der Waals surface area contributed by atoms with E-state index in [1.165, 1.54) is 16.8 Å². The van der Waals surface area contributed by atoms with E-state index in [1.54, 1.807) is 40.8 Å². The largest absolute Gasteiger partial charge is 0.464 e. The van der Waals surface area contributed by atoms with Gasteiger partial charge in [0.2, 0.25) is 5.91 Å². The number of carbonyl (C=O) groups excluding carboxylic acids is 3. The summed E-state index contributed by atoms with van der Waals surface area (Å²) in [6.07, 6.45) is 2.68. The first-order valence-corrected chi connectivity index (χ1v) is 9.72. The smallest absolute Gasteiger partial charge is 0.410 e. The van der Waals surface area contributed by atoms with E-state index >= 15 is 0 Å². The standard InChI is InChI=1S/C21H38N2O5/c1-11-13-14-27-18(25)16(21(7,8)12-2)23(10)17(24)15(3)22(9)19(26)28-20(4,5)6/h12,15-16H,2,11,13-14H2,1,3-10H3/t15-,16?/m1/s1. The summed E-state index contributed by atoms with van der Waals surface area (Å²) in [5.74, 6) is -0.873. The highest BCUT2D eigenvalue weighted by Gasteiger charge is 2.41. The van der Waals surface area contributed by atoms with Gasteiger partial charge < -0.3 is 14.4 Å². The summed E-state index contributed by atoms with van der Waals surface area (Å²) in [6, 6.07) is -1.67.